The van der Waals surface area contributed by atoms with Crippen molar-refractivity contribution in [3.05, 3.63) is 35.4 Å². The third kappa shape index (κ3) is 5.48. The van der Waals surface area contributed by atoms with Crippen LogP contribution in [0.15, 0.2) is 24.3 Å². The molecular weight excluding hydrogens is 264 g/mol. The van der Waals surface area contributed by atoms with Crippen LogP contribution in [0, 0.1) is 5.92 Å². The zero-order valence-electron chi connectivity index (χ0n) is 12.8. The number of likely N-dealkylation sites (tertiary alicyclic amines) is 1. The fourth-order valence-corrected chi connectivity index (χ4v) is 2.76. The molecule has 1 saturated heterocycles. The van der Waals surface area contributed by atoms with Crippen LogP contribution in [-0.2, 0) is 6.54 Å². The summed E-state index contributed by atoms with van der Waals surface area (Å²) in [5.74, 6) is 0.0251. The van der Waals surface area contributed by atoms with Crippen molar-refractivity contribution in [2.75, 3.05) is 26.2 Å². The summed E-state index contributed by atoms with van der Waals surface area (Å²) < 4.78 is 0. The molecule has 4 nitrogen and oxygen atoms in total. The summed E-state index contributed by atoms with van der Waals surface area (Å²) in [6.45, 7) is 7.68. The number of hydrogen-bond acceptors (Lipinski definition) is 3. The zero-order valence-corrected chi connectivity index (χ0v) is 12.8. The molecule has 1 aliphatic rings. The van der Waals surface area contributed by atoms with Gasteiger partial charge in [-0.25, -0.2) is 4.79 Å². The molecule has 4 heteroatoms. The minimum atomic E-state index is -0.865. The topological polar surface area (TPSA) is 52.6 Å². The third-order valence-corrected chi connectivity index (χ3v) is 4.21. The minimum Gasteiger partial charge on any atom is -0.478 e. The van der Waals surface area contributed by atoms with Crippen LogP contribution in [0.2, 0.25) is 0 Å². The fourth-order valence-electron chi connectivity index (χ4n) is 2.76. The van der Waals surface area contributed by atoms with Crippen molar-refractivity contribution in [3.8, 4) is 0 Å². The van der Waals surface area contributed by atoms with Crippen LogP contribution in [0.5, 0.6) is 0 Å². The summed E-state index contributed by atoms with van der Waals surface area (Å²) >= 11 is 0. The van der Waals surface area contributed by atoms with E-state index in [1.165, 1.54) is 25.9 Å². The summed E-state index contributed by atoms with van der Waals surface area (Å²) in [7, 11) is 0. The van der Waals surface area contributed by atoms with Gasteiger partial charge in [-0.2, -0.15) is 0 Å². The number of benzene rings is 1. The summed E-state index contributed by atoms with van der Waals surface area (Å²) in [5.41, 5.74) is 1.39. The highest BCUT2D eigenvalue weighted by Crippen LogP contribution is 2.15. The second kappa shape index (κ2) is 8.15. The standard InChI is InChI=1S/C17H26N2O2/c1-14-6-10-19(11-7-14)9-3-8-18-13-15-4-2-5-16(12-15)17(20)21/h2,4-5,12,14,18H,3,6-11,13H2,1H3,(H,20,21). The van der Waals surface area contributed by atoms with Crippen molar-refractivity contribution in [1.29, 1.82) is 0 Å². The van der Waals surface area contributed by atoms with Crippen LogP contribution in [0.3, 0.4) is 0 Å². The predicted octanol–water partition coefficient (Wildman–Crippen LogP) is 2.60. The van der Waals surface area contributed by atoms with Gasteiger partial charge in [0.25, 0.3) is 0 Å². The largest absolute Gasteiger partial charge is 0.478 e. The molecule has 21 heavy (non-hydrogen) atoms. The van der Waals surface area contributed by atoms with Gasteiger partial charge in [0.1, 0.15) is 0 Å². The summed E-state index contributed by atoms with van der Waals surface area (Å²) in [6.07, 6.45) is 3.80. The van der Waals surface area contributed by atoms with Gasteiger partial charge in [0.15, 0.2) is 0 Å². The first-order chi connectivity index (χ1) is 10.1. The van der Waals surface area contributed by atoms with Gasteiger partial charge in [0.05, 0.1) is 5.56 Å². The number of carboxylic acid groups (broad SMARTS) is 1. The molecule has 1 aliphatic heterocycles. The first-order valence-electron chi connectivity index (χ1n) is 7.90. The summed E-state index contributed by atoms with van der Waals surface area (Å²) in [6, 6.07) is 7.13. The van der Waals surface area contributed by atoms with E-state index in [0.29, 0.717) is 5.56 Å². The molecule has 1 fully saturated rings. The Morgan fingerprint density at radius 1 is 1.38 bits per heavy atom. The van der Waals surface area contributed by atoms with Gasteiger partial charge in [-0.05, 0) is 69.1 Å². The Bertz CT molecular complexity index is 454. The molecule has 0 aliphatic carbocycles. The minimum absolute atomic E-state index is 0.358. The van der Waals surface area contributed by atoms with Crippen molar-refractivity contribution in [2.24, 2.45) is 5.92 Å². The Balaban J connectivity index is 1.61. The number of aromatic carboxylic acids is 1. The lowest BCUT2D eigenvalue weighted by molar-refractivity contribution is 0.0696. The van der Waals surface area contributed by atoms with Gasteiger partial charge in [-0.1, -0.05) is 19.1 Å². The van der Waals surface area contributed by atoms with Crippen molar-refractivity contribution in [1.82, 2.24) is 10.2 Å². The van der Waals surface area contributed by atoms with Crippen molar-refractivity contribution in [2.45, 2.75) is 32.7 Å². The van der Waals surface area contributed by atoms with Gasteiger partial charge in [0.2, 0.25) is 0 Å². The van der Waals surface area contributed by atoms with E-state index in [9.17, 15) is 4.79 Å². The number of piperidine rings is 1. The molecule has 0 aromatic heterocycles. The highest BCUT2D eigenvalue weighted by atomic mass is 16.4. The van der Waals surface area contributed by atoms with Gasteiger partial charge >= 0.3 is 5.97 Å². The highest BCUT2D eigenvalue weighted by molar-refractivity contribution is 5.87. The van der Waals surface area contributed by atoms with E-state index in [-0.39, 0.29) is 0 Å². The van der Waals surface area contributed by atoms with E-state index >= 15 is 0 Å². The molecule has 0 spiro atoms. The van der Waals surface area contributed by atoms with Crippen LogP contribution in [0.4, 0.5) is 0 Å². The Hall–Kier alpha value is -1.39. The van der Waals surface area contributed by atoms with E-state index in [4.69, 9.17) is 5.11 Å². The van der Waals surface area contributed by atoms with Gasteiger partial charge < -0.3 is 15.3 Å². The highest BCUT2D eigenvalue weighted by Gasteiger charge is 2.14. The number of carbonyl (C=O) groups is 1. The van der Waals surface area contributed by atoms with Crippen molar-refractivity contribution >= 4 is 5.97 Å². The van der Waals surface area contributed by atoms with Gasteiger partial charge in [0, 0.05) is 6.54 Å². The van der Waals surface area contributed by atoms with Crippen molar-refractivity contribution in [3.63, 3.8) is 0 Å². The van der Waals surface area contributed by atoms with Crippen LogP contribution in [0.1, 0.15) is 42.1 Å². The SMILES string of the molecule is CC1CCN(CCCNCc2cccc(C(=O)O)c2)CC1. The Morgan fingerprint density at radius 3 is 2.86 bits per heavy atom. The Kier molecular flexibility index (Phi) is 6.21. The number of nitrogens with zero attached hydrogens (tertiary/aromatic N) is 1. The average Bonchev–Trinajstić information content (AvgIpc) is 2.49. The van der Waals surface area contributed by atoms with Gasteiger partial charge in [-0.3, -0.25) is 0 Å². The third-order valence-electron chi connectivity index (χ3n) is 4.21. The molecule has 0 bridgehead atoms. The predicted molar refractivity (Wildman–Crippen MR) is 84.6 cm³/mol. The molecular formula is C17H26N2O2. The molecule has 1 heterocycles. The smallest absolute Gasteiger partial charge is 0.335 e. The molecule has 1 aromatic rings. The number of carboxylic acids is 1. The fraction of sp³-hybridized carbons (Fsp3) is 0.588. The lowest BCUT2D eigenvalue weighted by Crippen LogP contribution is -2.34. The van der Waals surface area contributed by atoms with Crippen LogP contribution < -0.4 is 5.32 Å². The molecule has 116 valence electrons. The molecule has 0 unspecified atom stereocenters. The van der Waals surface area contributed by atoms with Crippen molar-refractivity contribution < 1.29 is 9.90 Å². The van der Waals surface area contributed by atoms with Crippen LogP contribution in [-0.4, -0.2) is 42.2 Å². The maximum Gasteiger partial charge on any atom is 0.335 e. The van der Waals surface area contributed by atoms with E-state index in [0.717, 1.165) is 37.5 Å². The van der Waals surface area contributed by atoms with Crippen LogP contribution >= 0.6 is 0 Å². The second-order valence-corrected chi connectivity index (χ2v) is 6.06. The molecule has 0 atom stereocenters. The van der Waals surface area contributed by atoms with E-state index in [2.05, 4.69) is 17.1 Å². The monoisotopic (exact) mass is 290 g/mol. The Labute approximate surface area is 127 Å². The first kappa shape index (κ1) is 16.0. The summed E-state index contributed by atoms with van der Waals surface area (Å²) in [5, 5.41) is 12.4. The molecule has 2 rings (SSSR count). The molecule has 0 radical (unpaired) electrons. The normalized spacial score (nSPS) is 17.0. The average molecular weight is 290 g/mol. The lowest BCUT2D eigenvalue weighted by atomic mass is 9.99. The van der Waals surface area contributed by atoms with Gasteiger partial charge in [-0.15, -0.1) is 0 Å². The lowest BCUT2D eigenvalue weighted by Gasteiger charge is -2.30. The first-order valence-corrected chi connectivity index (χ1v) is 7.90. The molecule has 2 N–H and O–H groups in total. The molecule has 1 aromatic carbocycles. The van der Waals surface area contributed by atoms with E-state index in [1.807, 2.05) is 6.07 Å². The summed E-state index contributed by atoms with van der Waals surface area (Å²) in [4.78, 5) is 13.4. The second-order valence-electron chi connectivity index (χ2n) is 6.06. The number of hydrogen-bond donors (Lipinski definition) is 2. The zero-order chi connectivity index (χ0) is 15.1. The molecule has 0 saturated carbocycles. The number of nitrogens with one attached hydrogen (secondary N) is 1. The van der Waals surface area contributed by atoms with E-state index < -0.39 is 5.97 Å². The van der Waals surface area contributed by atoms with Crippen LogP contribution in [0.25, 0.3) is 0 Å². The van der Waals surface area contributed by atoms with E-state index in [1.54, 1.807) is 18.2 Å². The molecule has 0 amide bonds. The Morgan fingerprint density at radius 2 is 2.14 bits per heavy atom. The quantitative estimate of drug-likeness (QED) is 0.758. The maximum atomic E-state index is 10.9. The number of rotatable bonds is 7. The maximum absolute atomic E-state index is 10.9.